The zero-order valence-electron chi connectivity index (χ0n) is 20.8. The predicted octanol–water partition coefficient (Wildman–Crippen LogP) is 5.65. The molecule has 1 heterocycles. The standard InChI is InChI=1S/C28H28F3NO5S/c1-36-23-6-3-8-25(18-23)38(34,35)32-16-4-9-26(32)27(33)15-12-20-5-2-7-24(17-20)37-19-21-10-13-22(14-11-21)28(29,30)31/h2-3,5-8,10-11,13-14,17-18,26H,4,9,12,15-16,19H2,1H3/t26-/m0/s1. The second kappa shape index (κ2) is 11.6. The number of methoxy groups -OCH3 is 1. The number of hydrogen-bond donors (Lipinski definition) is 0. The summed E-state index contributed by atoms with van der Waals surface area (Å²) in [6, 6.07) is 17.4. The number of Topliss-reactive ketones (excluding diaryl/α,β-unsaturated/α-hetero) is 1. The molecule has 1 aliphatic heterocycles. The molecule has 3 aromatic rings. The van der Waals surface area contributed by atoms with E-state index in [1.54, 1.807) is 30.3 Å². The first-order valence-corrected chi connectivity index (χ1v) is 13.6. The van der Waals surface area contributed by atoms with Crippen molar-refractivity contribution in [1.29, 1.82) is 0 Å². The van der Waals surface area contributed by atoms with Crippen molar-refractivity contribution in [2.45, 2.75) is 49.4 Å². The van der Waals surface area contributed by atoms with E-state index in [1.165, 1.54) is 35.7 Å². The summed E-state index contributed by atoms with van der Waals surface area (Å²) in [7, 11) is -2.39. The van der Waals surface area contributed by atoms with Crippen molar-refractivity contribution < 1.29 is 35.9 Å². The topological polar surface area (TPSA) is 72.9 Å². The number of carbonyl (C=O) groups excluding carboxylic acids is 1. The molecule has 3 aromatic carbocycles. The third kappa shape index (κ3) is 6.54. The third-order valence-corrected chi connectivity index (χ3v) is 8.37. The van der Waals surface area contributed by atoms with Gasteiger partial charge >= 0.3 is 6.18 Å². The molecule has 38 heavy (non-hydrogen) atoms. The molecule has 0 radical (unpaired) electrons. The van der Waals surface area contributed by atoms with Gasteiger partial charge in [0, 0.05) is 19.0 Å². The van der Waals surface area contributed by atoms with Crippen LogP contribution >= 0.6 is 0 Å². The first-order valence-electron chi connectivity index (χ1n) is 12.1. The average Bonchev–Trinajstić information content (AvgIpc) is 3.42. The van der Waals surface area contributed by atoms with Crippen molar-refractivity contribution >= 4 is 15.8 Å². The van der Waals surface area contributed by atoms with E-state index in [9.17, 15) is 26.4 Å². The summed E-state index contributed by atoms with van der Waals surface area (Å²) in [6.45, 7) is 0.378. The van der Waals surface area contributed by atoms with Crippen LogP contribution in [0.15, 0.2) is 77.7 Å². The van der Waals surface area contributed by atoms with E-state index in [1.807, 2.05) is 6.07 Å². The van der Waals surface area contributed by atoms with Crippen molar-refractivity contribution in [1.82, 2.24) is 4.31 Å². The van der Waals surface area contributed by atoms with Crippen LogP contribution in [0.4, 0.5) is 13.2 Å². The number of ether oxygens (including phenoxy) is 2. The summed E-state index contributed by atoms with van der Waals surface area (Å²) in [5, 5.41) is 0. The molecule has 0 unspecified atom stereocenters. The Morgan fingerprint density at radius 2 is 1.68 bits per heavy atom. The number of rotatable bonds is 10. The quantitative estimate of drug-likeness (QED) is 0.328. The minimum absolute atomic E-state index is 0.0921. The summed E-state index contributed by atoms with van der Waals surface area (Å²) in [5.41, 5.74) is 0.714. The van der Waals surface area contributed by atoms with Crippen LogP contribution in [-0.2, 0) is 34.0 Å². The normalized spacial score (nSPS) is 16.4. The van der Waals surface area contributed by atoms with E-state index >= 15 is 0 Å². The molecule has 0 spiro atoms. The van der Waals surface area contributed by atoms with Crippen molar-refractivity contribution in [2.75, 3.05) is 13.7 Å². The Bertz CT molecular complexity index is 1370. The van der Waals surface area contributed by atoms with Crippen LogP contribution in [0.3, 0.4) is 0 Å². The Hall–Kier alpha value is -3.37. The monoisotopic (exact) mass is 547 g/mol. The van der Waals surface area contributed by atoms with Crippen LogP contribution in [0.25, 0.3) is 0 Å². The molecule has 0 amide bonds. The van der Waals surface area contributed by atoms with E-state index in [0.29, 0.717) is 36.3 Å². The number of benzene rings is 3. The lowest BCUT2D eigenvalue weighted by Gasteiger charge is -2.23. The fourth-order valence-corrected chi connectivity index (χ4v) is 6.14. The van der Waals surface area contributed by atoms with Gasteiger partial charge in [0.1, 0.15) is 18.1 Å². The number of halogens is 3. The van der Waals surface area contributed by atoms with Crippen LogP contribution in [0.5, 0.6) is 11.5 Å². The van der Waals surface area contributed by atoms with E-state index in [2.05, 4.69) is 0 Å². The Kier molecular flexibility index (Phi) is 8.42. The first kappa shape index (κ1) is 27.7. The molecule has 6 nitrogen and oxygen atoms in total. The maximum Gasteiger partial charge on any atom is 0.416 e. The van der Waals surface area contributed by atoms with Crippen LogP contribution in [0.2, 0.25) is 0 Å². The summed E-state index contributed by atoms with van der Waals surface area (Å²) in [4.78, 5) is 13.2. The van der Waals surface area contributed by atoms with Crippen molar-refractivity contribution in [2.24, 2.45) is 0 Å². The van der Waals surface area contributed by atoms with Gasteiger partial charge in [-0.25, -0.2) is 8.42 Å². The molecule has 0 N–H and O–H groups in total. The molecule has 1 fully saturated rings. The van der Waals surface area contributed by atoms with Gasteiger partial charge in [-0.2, -0.15) is 17.5 Å². The van der Waals surface area contributed by atoms with E-state index in [4.69, 9.17) is 9.47 Å². The number of hydrogen-bond acceptors (Lipinski definition) is 5. The molecule has 0 saturated carbocycles. The number of aryl methyl sites for hydroxylation is 1. The zero-order valence-corrected chi connectivity index (χ0v) is 21.6. The Balaban J connectivity index is 1.36. The van der Waals surface area contributed by atoms with Crippen molar-refractivity contribution in [3.05, 3.63) is 89.5 Å². The van der Waals surface area contributed by atoms with Gasteiger partial charge in [-0.05, 0) is 66.8 Å². The number of nitrogens with zero attached hydrogens (tertiary/aromatic N) is 1. The summed E-state index contributed by atoms with van der Waals surface area (Å²) in [5.74, 6) is 0.802. The molecular weight excluding hydrogens is 519 g/mol. The third-order valence-electron chi connectivity index (χ3n) is 6.47. The van der Waals surface area contributed by atoms with Crippen molar-refractivity contribution in [3.63, 3.8) is 0 Å². The number of sulfonamides is 1. The average molecular weight is 548 g/mol. The Morgan fingerprint density at radius 1 is 0.974 bits per heavy atom. The molecule has 0 aliphatic carbocycles. The summed E-state index contributed by atoms with van der Waals surface area (Å²) < 4.78 is 76.8. The fraction of sp³-hybridized carbons (Fsp3) is 0.321. The SMILES string of the molecule is COc1cccc(S(=O)(=O)N2CCC[C@H]2C(=O)CCc2cccc(OCc3ccc(C(F)(F)F)cc3)c2)c1. The molecule has 1 aliphatic rings. The highest BCUT2D eigenvalue weighted by Gasteiger charge is 2.39. The van der Waals surface area contributed by atoms with Gasteiger partial charge in [0.15, 0.2) is 5.78 Å². The maximum absolute atomic E-state index is 13.2. The fourth-order valence-electron chi connectivity index (χ4n) is 4.43. The summed E-state index contributed by atoms with van der Waals surface area (Å²) >= 11 is 0. The van der Waals surface area contributed by atoms with E-state index in [-0.39, 0.29) is 30.3 Å². The second-order valence-electron chi connectivity index (χ2n) is 9.05. The van der Waals surface area contributed by atoms with Gasteiger partial charge in [-0.3, -0.25) is 4.79 Å². The number of ketones is 1. The van der Waals surface area contributed by atoms with Gasteiger partial charge in [0.2, 0.25) is 10.0 Å². The Labute approximate surface area is 220 Å². The molecule has 10 heteroatoms. The predicted molar refractivity (Wildman–Crippen MR) is 135 cm³/mol. The second-order valence-corrected chi connectivity index (χ2v) is 10.9. The molecule has 4 rings (SSSR count). The lowest BCUT2D eigenvalue weighted by atomic mass is 10.0. The van der Waals surface area contributed by atoms with Crippen LogP contribution in [0.1, 0.15) is 36.0 Å². The minimum Gasteiger partial charge on any atom is -0.497 e. The van der Waals surface area contributed by atoms with Crippen LogP contribution in [-0.4, -0.2) is 38.2 Å². The molecule has 1 saturated heterocycles. The molecule has 0 bridgehead atoms. The van der Waals surface area contributed by atoms with Crippen molar-refractivity contribution in [3.8, 4) is 11.5 Å². The molecule has 202 valence electrons. The van der Waals surface area contributed by atoms with Crippen LogP contribution < -0.4 is 9.47 Å². The highest BCUT2D eigenvalue weighted by atomic mass is 32.2. The highest BCUT2D eigenvalue weighted by Crippen LogP contribution is 2.30. The van der Waals surface area contributed by atoms with Gasteiger partial charge in [0.25, 0.3) is 0 Å². The molecule has 0 aromatic heterocycles. The summed E-state index contributed by atoms with van der Waals surface area (Å²) in [6.07, 6.45) is -2.75. The van der Waals surface area contributed by atoms with Gasteiger partial charge in [-0.1, -0.05) is 30.3 Å². The lowest BCUT2D eigenvalue weighted by Crippen LogP contribution is -2.40. The first-order chi connectivity index (χ1) is 18.1. The van der Waals surface area contributed by atoms with E-state index < -0.39 is 27.8 Å². The van der Waals surface area contributed by atoms with Crippen LogP contribution in [0, 0.1) is 0 Å². The Morgan fingerprint density at radius 3 is 2.39 bits per heavy atom. The van der Waals surface area contributed by atoms with E-state index in [0.717, 1.165) is 17.7 Å². The molecule has 1 atom stereocenters. The largest absolute Gasteiger partial charge is 0.497 e. The maximum atomic E-state index is 13.2. The van der Waals surface area contributed by atoms with Gasteiger partial charge in [0.05, 0.1) is 23.6 Å². The number of carbonyl (C=O) groups is 1. The lowest BCUT2D eigenvalue weighted by molar-refractivity contribution is -0.137. The minimum atomic E-state index is -4.39. The molecular formula is C28H28F3NO5S. The number of alkyl halides is 3. The zero-order chi connectivity index (χ0) is 27.3. The van der Waals surface area contributed by atoms with Gasteiger partial charge in [-0.15, -0.1) is 0 Å². The smallest absolute Gasteiger partial charge is 0.416 e. The highest BCUT2D eigenvalue weighted by molar-refractivity contribution is 7.89. The van der Waals surface area contributed by atoms with Gasteiger partial charge < -0.3 is 9.47 Å².